The third-order valence-corrected chi connectivity index (χ3v) is 5.37. The molecule has 0 aromatic heterocycles. The van der Waals surface area contributed by atoms with E-state index in [0.717, 1.165) is 16.1 Å². The zero-order valence-electron chi connectivity index (χ0n) is 14.8. The Hall–Kier alpha value is -2.25. The number of halogens is 1. The molecule has 1 atom stereocenters. The average molecular weight is 397 g/mol. The first kappa shape index (κ1) is 20.1. The lowest BCUT2D eigenvalue weighted by Gasteiger charge is -2.18. The standard InChI is InChI=1S/C18H21ClN2O4S/c1-13(18(22)20-12-14-6-4-5-7-17(14)19)25-16-10-8-15(9-11-16)21(2)26(3,23)24/h4-11,13H,12H2,1-3H3,(H,20,22)/t13-/m0/s1. The molecule has 8 heteroatoms. The van der Waals surface area contributed by atoms with Crippen LogP contribution in [0.5, 0.6) is 5.75 Å². The molecule has 0 saturated carbocycles. The number of carbonyl (C=O) groups is 1. The highest BCUT2D eigenvalue weighted by atomic mass is 35.5. The van der Waals surface area contributed by atoms with Gasteiger partial charge in [0, 0.05) is 18.6 Å². The van der Waals surface area contributed by atoms with E-state index in [1.165, 1.54) is 7.05 Å². The van der Waals surface area contributed by atoms with Crippen LogP contribution in [0.3, 0.4) is 0 Å². The molecule has 0 fully saturated rings. The van der Waals surface area contributed by atoms with Gasteiger partial charge in [0.05, 0.1) is 11.9 Å². The van der Waals surface area contributed by atoms with Crippen molar-refractivity contribution in [2.24, 2.45) is 0 Å². The Morgan fingerprint density at radius 3 is 2.38 bits per heavy atom. The second kappa shape index (κ2) is 8.42. The summed E-state index contributed by atoms with van der Waals surface area (Å²) >= 11 is 6.06. The van der Waals surface area contributed by atoms with Crippen molar-refractivity contribution in [2.75, 3.05) is 17.6 Å². The smallest absolute Gasteiger partial charge is 0.261 e. The molecule has 2 aromatic rings. The van der Waals surface area contributed by atoms with Gasteiger partial charge in [0.25, 0.3) is 5.91 Å². The summed E-state index contributed by atoms with van der Waals surface area (Å²) in [7, 11) is -1.86. The molecule has 0 aliphatic carbocycles. The molecule has 0 spiro atoms. The molecule has 2 rings (SSSR count). The SMILES string of the molecule is C[C@H](Oc1ccc(N(C)S(C)(=O)=O)cc1)C(=O)NCc1ccccc1Cl. The van der Waals surface area contributed by atoms with E-state index in [-0.39, 0.29) is 5.91 Å². The topological polar surface area (TPSA) is 75.7 Å². The van der Waals surface area contributed by atoms with Crippen LogP contribution in [0.4, 0.5) is 5.69 Å². The van der Waals surface area contributed by atoms with Crippen LogP contribution in [-0.2, 0) is 21.4 Å². The summed E-state index contributed by atoms with van der Waals surface area (Å²) in [6, 6.07) is 13.7. The van der Waals surface area contributed by atoms with Crippen LogP contribution in [0.1, 0.15) is 12.5 Å². The van der Waals surface area contributed by atoms with Gasteiger partial charge in [0.2, 0.25) is 10.0 Å². The van der Waals surface area contributed by atoms with Crippen molar-refractivity contribution in [3.63, 3.8) is 0 Å². The second-order valence-electron chi connectivity index (χ2n) is 5.79. The third kappa shape index (κ3) is 5.37. The van der Waals surface area contributed by atoms with E-state index in [4.69, 9.17) is 16.3 Å². The van der Waals surface area contributed by atoms with E-state index in [0.29, 0.717) is 23.0 Å². The fraction of sp³-hybridized carbons (Fsp3) is 0.278. The number of hydrogen-bond donors (Lipinski definition) is 1. The minimum absolute atomic E-state index is 0.276. The molecule has 1 N–H and O–H groups in total. The van der Waals surface area contributed by atoms with Crippen molar-refractivity contribution >= 4 is 33.2 Å². The lowest BCUT2D eigenvalue weighted by atomic mass is 10.2. The summed E-state index contributed by atoms with van der Waals surface area (Å²) in [5, 5.41) is 3.36. The second-order valence-corrected chi connectivity index (χ2v) is 8.21. The summed E-state index contributed by atoms with van der Waals surface area (Å²) in [4.78, 5) is 12.2. The number of carbonyl (C=O) groups excluding carboxylic acids is 1. The van der Waals surface area contributed by atoms with Crippen molar-refractivity contribution < 1.29 is 17.9 Å². The Morgan fingerprint density at radius 2 is 1.81 bits per heavy atom. The first-order valence-corrected chi connectivity index (χ1v) is 10.1. The van der Waals surface area contributed by atoms with E-state index in [1.807, 2.05) is 18.2 Å². The molecule has 0 unspecified atom stereocenters. The lowest BCUT2D eigenvalue weighted by Crippen LogP contribution is -2.36. The van der Waals surface area contributed by atoms with E-state index < -0.39 is 16.1 Å². The van der Waals surface area contributed by atoms with Gasteiger partial charge in [-0.3, -0.25) is 9.10 Å². The van der Waals surface area contributed by atoms with Gasteiger partial charge in [-0.25, -0.2) is 8.42 Å². The van der Waals surface area contributed by atoms with Crippen molar-refractivity contribution in [1.29, 1.82) is 0 Å². The van der Waals surface area contributed by atoms with Crippen molar-refractivity contribution in [2.45, 2.75) is 19.6 Å². The van der Waals surface area contributed by atoms with Gasteiger partial charge >= 0.3 is 0 Å². The van der Waals surface area contributed by atoms with Crippen LogP contribution in [0.15, 0.2) is 48.5 Å². The van der Waals surface area contributed by atoms with E-state index in [2.05, 4.69) is 5.32 Å². The molecule has 0 heterocycles. The van der Waals surface area contributed by atoms with Gasteiger partial charge in [-0.15, -0.1) is 0 Å². The fourth-order valence-electron chi connectivity index (χ4n) is 2.15. The van der Waals surface area contributed by atoms with Crippen molar-refractivity contribution in [3.8, 4) is 5.75 Å². The summed E-state index contributed by atoms with van der Waals surface area (Å²) < 4.78 is 29.8. The van der Waals surface area contributed by atoms with Crippen LogP contribution in [0.25, 0.3) is 0 Å². The van der Waals surface area contributed by atoms with Crippen LogP contribution in [0.2, 0.25) is 5.02 Å². The van der Waals surface area contributed by atoms with E-state index >= 15 is 0 Å². The highest BCUT2D eigenvalue weighted by molar-refractivity contribution is 7.92. The molecule has 2 aromatic carbocycles. The first-order valence-electron chi connectivity index (χ1n) is 7.90. The normalized spacial score (nSPS) is 12.3. The maximum Gasteiger partial charge on any atom is 0.261 e. The maximum atomic E-state index is 12.2. The number of nitrogens with zero attached hydrogens (tertiary/aromatic N) is 1. The summed E-state index contributed by atoms with van der Waals surface area (Å²) in [6.07, 6.45) is 0.416. The molecule has 6 nitrogen and oxygen atoms in total. The molecule has 26 heavy (non-hydrogen) atoms. The molecule has 0 bridgehead atoms. The summed E-state index contributed by atoms with van der Waals surface area (Å²) in [5.41, 5.74) is 1.33. The molecule has 0 aliphatic rings. The Kier molecular flexibility index (Phi) is 6.50. The predicted octanol–water partition coefficient (Wildman–Crippen LogP) is 2.82. The number of rotatable bonds is 7. The van der Waals surface area contributed by atoms with Crippen LogP contribution >= 0.6 is 11.6 Å². The average Bonchev–Trinajstić information content (AvgIpc) is 2.60. The molecular formula is C18H21ClN2O4S. The highest BCUT2D eigenvalue weighted by Gasteiger charge is 2.16. The van der Waals surface area contributed by atoms with Crippen LogP contribution in [-0.4, -0.2) is 33.7 Å². The Bertz CT molecular complexity index is 869. The van der Waals surface area contributed by atoms with Gasteiger partial charge in [-0.1, -0.05) is 29.8 Å². The van der Waals surface area contributed by atoms with Gasteiger partial charge in [0.15, 0.2) is 6.10 Å². The fourth-order valence-corrected chi connectivity index (χ4v) is 2.86. The Balaban J connectivity index is 1.93. The number of benzene rings is 2. The van der Waals surface area contributed by atoms with Gasteiger partial charge in [-0.2, -0.15) is 0 Å². The lowest BCUT2D eigenvalue weighted by molar-refractivity contribution is -0.127. The largest absolute Gasteiger partial charge is 0.481 e. The maximum absolute atomic E-state index is 12.2. The van der Waals surface area contributed by atoms with Crippen LogP contribution < -0.4 is 14.4 Å². The molecule has 0 saturated heterocycles. The number of sulfonamides is 1. The Morgan fingerprint density at radius 1 is 1.19 bits per heavy atom. The minimum atomic E-state index is -3.32. The van der Waals surface area contributed by atoms with E-state index in [1.54, 1.807) is 37.3 Å². The minimum Gasteiger partial charge on any atom is -0.481 e. The van der Waals surface area contributed by atoms with Crippen LogP contribution in [0, 0.1) is 0 Å². The number of anilines is 1. The zero-order chi connectivity index (χ0) is 19.3. The quantitative estimate of drug-likeness (QED) is 0.780. The molecule has 0 radical (unpaired) electrons. The summed E-state index contributed by atoms with van der Waals surface area (Å²) in [6.45, 7) is 1.95. The van der Waals surface area contributed by atoms with Gasteiger partial charge < -0.3 is 10.1 Å². The summed E-state index contributed by atoms with van der Waals surface area (Å²) in [5.74, 6) is 0.193. The third-order valence-electron chi connectivity index (χ3n) is 3.79. The molecule has 0 aliphatic heterocycles. The van der Waals surface area contributed by atoms with Gasteiger partial charge in [0.1, 0.15) is 5.75 Å². The zero-order valence-corrected chi connectivity index (χ0v) is 16.3. The van der Waals surface area contributed by atoms with Crippen molar-refractivity contribution in [1.82, 2.24) is 5.32 Å². The highest BCUT2D eigenvalue weighted by Crippen LogP contribution is 2.21. The number of hydrogen-bond acceptors (Lipinski definition) is 4. The predicted molar refractivity (Wildman–Crippen MR) is 103 cm³/mol. The molecule has 140 valence electrons. The number of amides is 1. The van der Waals surface area contributed by atoms with E-state index in [9.17, 15) is 13.2 Å². The Labute approximate surface area is 158 Å². The number of ether oxygens (including phenoxy) is 1. The molecule has 1 amide bonds. The van der Waals surface area contributed by atoms with Gasteiger partial charge in [-0.05, 0) is 42.8 Å². The first-order chi connectivity index (χ1) is 12.2. The molecular weight excluding hydrogens is 376 g/mol. The number of nitrogens with one attached hydrogen (secondary N) is 1. The van der Waals surface area contributed by atoms with Crippen molar-refractivity contribution in [3.05, 3.63) is 59.1 Å². The monoisotopic (exact) mass is 396 g/mol.